The van der Waals surface area contributed by atoms with Gasteiger partial charge in [-0.15, -0.1) is 0 Å². The van der Waals surface area contributed by atoms with Crippen LogP contribution in [-0.4, -0.2) is 19.3 Å². The molecule has 3 heteroatoms. The SMILES string of the molecule is C=CCOc1ccc(CNC2CCCCCC2)cc1OCC. The van der Waals surface area contributed by atoms with Crippen LogP contribution in [0.1, 0.15) is 51.0 Å². The Morgan fingerprint density at radius 1 is 1.14 bits per heavy atom. The van der Waals surface area contributed by atoms with E-state index in [2.05, 4.69) is 24.0 Å². The number of nitrogens with one attached hydrogen (secondary N) is 1. The molecule has 1 aromatic carbocycles. The fraction of sp³-hybridized carbons (Fsp3) is 0.579. The molecule has 122 valence electrons. The molecule has 0 aromatic heterocycles. The lowest BCUT2D eigenvalue weighted by Crippen LogP contribution is -2.27. The first-order valence-corrected chi connectivity index (χ1v) is 8.56. The van der Waals surface area contributed by atoms with Gasteiger partial charge >= 0.3 is 0 Å². The molecule has 0 bridgehead atoms. The first-order valence-electron chi connectivity index (χ1n) is 8.56. The molecule has 0 amide bonds. The van der Waals surface area contributed by atoms with Crippen LogP contribution in [0.2, 0.25) is 0 Å². The third-order valence-electron chi connectivity index (χ3n) is 4.11. The van der Waals surface area contributed by atoms with E-state index < -0.39 is 0 Å². The van der Waals surface area contributed by atoms with Crippen LogP contribution >= 0.6 is 0 Å². The zero-order valence-electron chi connectivity index (χ0n) is 13.8. The molecule has 1 aromatic rings. The highest BCUT2D eigenvalue weighted by Gasteiger charge is 2.12. The molecule has 0 unspecified atom stereocenters. The number of ether oxygens (including phenoxy) is 2. The fourth-order valence-corrected chi connectivity index (χ4v) is 2.94. The number of benzene rings is 1. The number of hydrogen-bond acceptors (Lipinski definition) is 3. The Labute approximate surface area is 134 Å². The van der Waals surface area contributed by atoms with Gasteiger partial charge in [0.25, 0.3) is 0 Å². The molecule has 0 saturated heterocycles. The topological polar surface area (TPSA) is 30.5 Å². The highest BCUT2D eigenvalue weighted by atomic mass is 16.5. The molecule has 1 fully saturated rings. The Balaban J connectivity index is 1.94. The molecular formula is C19H29NO2. The van der Waals surface area contributed by atoms with Gasteiger partial charge in [-0.2, -0.15) is 0 Å². The van der Waals surface area contributed by atoms with Crippen molar-refractivity contribution in [3.05, 3.63) is 36.4 Å². The normalized spacial score (nSPS) is 16.0. The van der Waals surface area contributed by atoms with Crippen LogP contribution in [-0.2, 0) is 6.54 Å². The summed E-state index contributed by atoms with van der Waals surface area (Å²) in [5.41, 5.74) is 1.25. The van der Waals surface area contributed by atoms with Crippen molar-refractivity contribution in [2.45, 2.75) is 58.0 Å². The summed E-state index contributed by atoms with van der Waals surface area (Å²) in [4.78, 5) is 0. The van der Waals surface area contributed by atoms with Crippen LogP contribution in [0.15, 0.2) is 30.9 Å². The predicted molar refractivity (Wildman–Crippen MR) is 91.6 cm³/mol. The van der Waals surface area contributed by atoms with Crippen molar-refractivity contribution in [3.63, 3.8) is 0 Å². The Morgan fingerprint density at radius 3 is 2.59 bits per heavy atom. The van der Waals surface area contributed by atoms with Gasteiger partial charge in [0, 0.05) is 12.6 Å². The maximum absolute atomic E-state index is 5.70. The van der Waals surface area contributed by atoms with Gasteiger partial charge < -0.3 is 14.8 Å². The second-order valence-corrected chi connectivity index (χ2v) is 5.88. The van der Waals surface area contributed by atoms with Gasteiger partial charge in [-0.3, -0.25) is 0 Å². The zero-order chi connectivity index (χ0) is 15.6. The Hall–Kier alpha value is -1.48. The van der Waals surface area contributed by atoms with Gasteiger partial charge in [-0.25, -0.2) is 0 Å². The summed E-state index contributed by atoms with van der Waals surface area (Å²) in [6, 6.07) is 6.87. The lowest BCUT2D eigenvalue weighted by molar-refractivity contribution is 0.296. The first kappa shape index (κ1) is 16.9. The predicted octanol–water partition coefficient (Wildman–Crippen LogP) is 4.46. The van der Waals surface area contributed by atoms with Crippen molar-refractivity contribution in [1.82, 2.24) is 5.32 Å². The molecule has 0 spiro atoms. The van der Waals surface area contributed by atoms with Crippen molar-refractivity contribution >= 4 is 0 Å². The first-order chi connectivity index (χ1) is 10.8. The molecule has 1 aliphatic rings. The van der Waals surface area contributed by atoms with Crippen molar-refractivity contribution in [2.24, 2.45) is 0 Å². The lowest BCUT2D eigenvalue weighted by atomic mass is 10.1. The molecule has 1 N–H and O–H groups in total. The Bertz CT molecular complexity index is 451. The third-order valence-corrected chi connectivity index (χ3v) is 4.11. The average molecular weight is 303 g/mol. The Morgan fingerprint density at radius 2 is 1.91 bits per heavy atom. The monoisotopic (exact) mass is 303 g/mol. The van der Waals surface area contributed by atoms with Crippen LogP contribution in [0.3, 0.4) is 0 Å². The summed E-state index contributed by atoms with van der Waals surface area (Å²) in [6.45, 7) is 7.71. The molecule has 1 aliphatic carbocycles. The van der Waals surface area contributed by atoms with E-state index in [4.69, 9.17) is 9.47 Å². The maximum atomic E-state index is 5.70. The van der Waals surface area contributed by atoms with Crippen LogP contribution in [0.5, 0.6) is 11.5 Å². The minimum Gasteiger partial charge on any atom is -0.490 e. The largest absolute Gasteiger partial charge is 0.490 e. The number of hydrogen-bond donors (Lipinski definition) is 1. The average Bonchev–Trinajstić information content (AvgIpc) is 2.81. The molecule has 2 rings (SSSR count). The fourth-order valence-electron chi connectivity index (χ4n) is 2.94. The summed E-state index contributed by atoms with van der Waals surface area (Å²) >= 11 is 0. The van der Waals surface area contributed by atoms with Crippen LogP contribution in [0.25, 0.3) is 0 Å². The molecular weight excluding hydrogens is 274 g/mol. The van der Waals surface area contributed by atoms with E-state index in [1.165, 1.54) is 44.1 Å². The minimum absolute atomic E-state index is 0.500. The smallest absolute Gasteiger partial charge is 0.161 e. The second-order valence-electron chi connectivity index (χ2n) is 5.88. The molecule has 3 nitrogen and oxygen atoms in total. The summed E-state index contributed by atoms with van der Waals surface area (Å²) in [5, 5.41) is 3.70. The van der Waals surface area contributed by atoms with E-state index in [1.807, 2.05) is 13.0 Å². The van der Waals surface area contributed by atoms with Crippen molar-refractivity contribution in [2.75, 3.05) is 13.2 Å². The van der Waals surface area contributed by atoms with Crippen molar-refractivity contribution < 1.29 is 9.47 Å². The van der Waals surface area contributed by atoms with Crippen LogP contribution < -0.4 is 14.8 Å². The van der Waals surface area contributed by atoms with E-state index in [0.717, 1.165) is 18.0 Å². The van der Waals surface area contributed by atoms with E-state index in [-0.39, 0.29) is 0 Å². The van der Waals surface area contributed by atoms with E-state index in [9.17, 15) is 0 Å². The molecule has 0 atom stereocenters. The molecule has 22 heavy (non-hydrogen) atoms. The van der Waals surface area contributed by atoms with E-state index in [0.29, 0.717) is 19.3 Å². The summed E-state index contributed by atoms with van der Waals surface area (Å²) in [7, 11) is 0. The highest BCUT2D eigenvalue weighted by Crippen LogP contribution is 2.28. The van der Waals surface area contributed by atoms with Gasteiger partial charge in [0.15, 0.2) is 11.5 Å². The molecule has 1 saturated carbocycles. The lowest BCUT2D eigenvalue weighted by Gasteiger charge is -2.17. The van der Waals surface area contributed by atoms with Crippen LogP contribution in [0.4, 0.5) is 0 Å². The molecule has 0 aliphatic heterocycles. The van der Waals surface area contributed by atoms with E-state index in [1.54, 1.807) is 6.08 Å². The highest BCUT2D eigenvalue weighted by molar-refractivity contribution is 5.43. The number of rotatable bonds is 8. The van der Waals surface area contributed by atoms with E-state index >= 15 is 0 Å². The summed E-state index contributed by atoms with van der Waals surface area (Å²) in [5.74, 6) is 1.62. The van der Waals surface area contributed by atoms with Crippen molar-refractivity contribution in [3.8, 4) is 11.5 Å². The van der Waals surface area contributed by atoms with Gasteiger partial charge in [0.2, 0.25) is 0 Å². The molecule has 0 heterocycles. The van der Waals surface area contributed by atoms with Gasteiger partial charge in [-0.05, 0) is 37.5 Å². The maximum Gasteiger partial charge on any atom is 0.161 e. The molecule has 0 radical (unpaired) electrons. The van der Waals surface area contributed by atoms with Gasteiger partial charge in [0.05, 0.1) is 6.61 Å². The Kier molecular flexibility index (Phi) is 7.31. The van der Waals surface area contributed by atoms with Crippen molar-refractivity contribution in [1.29, 1.82) is 0 Å². The van der Waals surface area contributed by atoms with Gasteiger partial charge in [-0.1, -0.05) is 44.4 Å². The second kappa shape index (κ2) is 9.52. The standard InChI is InChI=1S/C19H29NO2/c1-3-13-22-18-12-11-16(14-19(18)21-4-2)15-20-17-9-7-5-6-8-10-17/h3,11-12,14,17,20H,1,4-10,13,15H2,2H3. The third kappa shape index (κ3) is 5.38. The zero-order valence-corrected chi connectivity index (χ0v) is 13.8. The quantitative estimate of drug-likeness (QED) is 0.568. The van der Waals surface area contributed by atoms with Crippen LogP contribution in [0, 0.1) is 0 Å². The summed E-state index contributed by atoms with van der Waals surface area (Å²) in [6.07, 6.45) is 9.85. The minimum atomic E-state index is 0.500. The van der Waals surface area contributed by atoms with Gasteiger partial charge in [0.1, 0.15) is 6.61 Å². The summed E-state index contributed by atoms with van der Waals surface area (Å²) < 4.78 is 11.3.